The summed E-state index contributed by atoms with van der Waals surface area (Å²) in [5.41, 5.74) is 3.75. The van der Waals surface area contributed by atoms with Crippen molar-refractivity contribution >= 4 is 34.0 Å². The number of fused-ring (bicyclic) bond motifs is 1. The average molecular weight is 391 g/mol. The Labute approximate surface area is 169 Å². The van der Waals surface area contributed by atoms with Gasteiger partial charge in [0.1, 0.15) is 22.4 Å². The van der Waals surface area contributed by atoms with Crippen LogP contribution in [-0.4, -0.2) is 44.5 Å². The minimum absolute atomic E-state index is 0.678. The molecule has 1 fully saturated rings. The first-order valence-corrected chi connectivity index (χ1v) is 10.5. The zero-order valence-corrected chi connectivity index (χ0v) is 16.9. The topological polar surface area (TPSA) is 52.4 Å². The Morgan fingerprint density at radius 1 is 1.00 bits per heavy atom. The molecule has 3 aromatic rings. The number of methoxy groups -OCH3 is 1. The third-order valence-corrected chi connectivity index (χ3v) is 5.84. The quantitative estimate of drug-likeness (QED) is 0.624. The second-order valence-electron chi connectivity index (χ2n) is 6.62. The van der Waals surface area contributed by atoms with E-state index < -0.39 is 0 Å². The van der Waals surface area contributed by atoms with E-state index in [2.05, 4.69) is 28.0 Å². The van der Waals surface area contributed by atoms with E-state index in [9.17, 15) is 5.26 Å². The fourth-order valence-corrected chi connectivity index (χ4v) is 4.35. The third kappa shape index (κ3) is 3.23. The van der Waals surface area contributed by atoms with Crippen LogP contribution in [0.15, 0.2) is 53.6 Å². The van der Waals surface area contributed by atoms with Gasteiger partial charge in [0.05, 0.1) is 24.0 Å². The molecular formula is C22H22N4OS. The summed E-state index contributed by atoms with van der Waals surface area (Å²) in [6.45, 7) is 3.43. The first-order valence-electron chi connectivity index (χ1n) is 9.26. The maximum absolute atomic E-state index is 9.86. The highest BCUT2D eigenvalue weighted by atomic mass is 32.2. The minimum atomic E-state index is 0.678. The Morgan fingerprint density at radius 3 is 2.39 bits per heavy atom. The summed E-state index contributed by atoms with van der Waals surface area (Å²) >= 11 is 1.53. The number of nitriles is 1. The molecule has 2 heterocycles. The highest BCUT2D eigenvalue weighted by molar-refractivity contribution is 7.98. The van der Waals surface area contributed by atoms with Gasteiger partial charge < -0.3 is 14.5 Å². The molecule has 1 aliphatic heterocycles. The van der Waals surface area contributed by atoms with Crippen LogP contribution in [0.4, 0.5) is 11.4 Å². The molecule has 0 aliphatic carbocycles. The number of benzene rings is 2. The van der Waals surface area contributed by atoms with Crippen molar-refractivity contribution < 1.29 is 4.74 Å². The van der Waals surface area contributed by atoms with Crippen LogP contribution < -0.4 is 14.5 Å². The van der Waals surface area contributed by atoms with Crippen molar-refractivity contribution in [3.05, 3.63) is 54.1 Å². The van der Waals surface area contributed by atoms with Crippen LogP contribution in [0.3, 0.4) is 0 Å². The van der Waals surface area contributed by atoms with Crippen molar-refractivity contribution in [2.75, 3.05) is 49.3 Å². The van der Waals surface area contributed by atoms with Gasteiger partial charge in [0, 0.05) is 31.6 Å². The summed E-state index contributed by atoms with van der Waals surface area (Å²) in [6.07, 6.45) is 1.97. The zero-order valence-electron chi connectivity index (χ0n) is 16.1. The molecule has 0 amide bonds. The molecule has 1 aliphatic rings. The van der Waals surface area contributed by atoms with Crippen molar-refractivity contribution in [2.24, 2.45) is 0 Å². The number of thioether (sulfide) groups is 1. The monoisotopic (exact) mass is 390 g/mol. The number of ether oxygens (including phenoxy) is 1. The predicted molar refractivity (Wildman–Crippen MR) is 116 cm³/mol. The number of pyridine rings is 1. The lowest BCUT2D eigenvalue weighted by molar-refractivity contribution is 0.413. The molecule has 4 rings (SSSR count). The molecule has 2 aromatic carbocycles. The number of hydrogen-bond donors (Lipinski definition) is 0. The summed E-state index contributed by atoms with van der Waals surface area (Å²) in [7, 11) is 1.71. The molecule has 0 N–H and O–H groups in total. The minimum Gasteiger partial charge on any atom is -0.495 e. The van der Waals surface area contributed by atoms with Gasteiger partial charge in [-0.15, -0.1) is 11.8 Å². The number of rotatable bonds is 4. The number of hydrogen-bond acceptors (Lipinski definition) is 6. The lowest BCUT2D eigenvalue weighted by Crippen LogP contribution is -2.47. The van der Waals surface area contributed by atoms with Crippen molar-refractivity contribution in [1.29, 1.82) is 5.26 Å². The zero-order chi connectivity index (χ0) is 19.5. The Kier molecular flexibility index (Phi) is 5.27. The second-order valence-corrected chi connectivity index (χ2v) is 7.41. The van der Waals surface area contributed by atoms with E-state index in [-0.39, 0.29) is 0 Å². The van der Waals surface area contributed by atoms with Gasteiger partial charge in [-0.2, -0.15) is 5.26 Å². The number of piperazine rings is 1. The second kappa shape index (κ2) is 7.99. The van der Waals surface area contributed by atoms with Crippen LogP contribution in [0.5, 0.6) is 5.75 Å². The number of nitrogens with zero attached hydrogens (tertiary/aromatic N) is 4. The normalized spacial score (nSPS) is 14.2. The van der Waals surface area contributed by atoms with E-state index in [0.717, 1.165) is 59.2 Å². The maximum Gasteiger partial charge on any atom is 0.142 e. The Morgan fingerprint density at radius 2 is 1.68 bits per heavy atom. The maximum atomic E-state index is 9.86. The fourth-order valence-electron chi connectivity index (χ4n) is 3.81. The van der Waals surface area contributed by atoms with E-state index in [4.69, 9.17) is 9.72 Å². The van der Waals surface area contributed by atoms with Gasteiger partial charge in [0.15, 0.2) is 0 Å². The summed E-state index contributed by atoms with van der Waals surface area (Å²) in [5, 5.41) is 11.7. The standard InChI is InChI=1S/C22H22N4OS/c1-27-20-10-6-5-9-19(20)25-11-13-26(14-12-25)21-16-7-3-4-8-18(16)24-22(28-2)17(21)15-23/h3-10H,11-14H2,1-2H3. The summed E-state index contributed by atoms with van der Waals surface area (Å²) in [5.74, 6) is 0.896. The molecule has 0 bridgehead atoms. The third-order valence-electron chi connectivity index (χ3n) is 5.16. The largest absolute Gasteiger partial charge is 0.495 e. The lowest BCUT2D eigenvalue weighted by Gasteiger charge is -2.38. The van der Waals surface area contributed by atoms with Crippen LogP contribution in [-0.2, 0) is 0 Å². The van der Waals surface area contributed by atoms with Crippen molar-refractivity contribution in [1.82, 2.24) is 4.98 Å². The fraction of sp³-hybridized carbons (Fsp3) is 0.273. The van der Waals surface area contributed by atoms with E-state index in [1.165, 1.54) is 11.8 Å². The lowest BCUT2D eigenvalue weighted by atomic mass is 10.1. The Balaban J connectivity index is 1.68. The smallest absolute Gasteiger partial charge is 0.142 e. The van der Waals surface area contributed by atoms with E-state index >= 15 is 0 Å². The number of para-hydroxylation sites is 3. The highest BCUT2D eigenvalue weighted by Crippen LogP contribution is 2.36. The molecule has 0 spiro atoms. The predicted octanol–water partition coefficient (Wildman–Crippen LogP) is 4.16. The molecule has 1 saturated heterocycles. The molecule has 0 saturated carbocycles. The molecule has 142 valence electrons. The van der Waals surface area contributed by atoms with Gasteiger partial charge in [-0.1, -0.05) is 30.3 Å². The van der Waals surface area contributed by atoms with Gasteiger partial charge in [-0.25, -0.2) is 4.98 Å². The van der Waals surface area contributed by atoms with Crippen molar-refractivity contribution in [3.63, 3.8) is 0 Å². The van der Waals surface area contributed by atoms with Gasteiger partial charge in [-0.3, -0.25) is 0 Å². The number of anilines is 2. The first-order chi connectivity index (χ1) is 13.8. The van der Waals surface area contributed by atoms with Crippen molar-refractivity contribution in [2.45, 2.75) is 5.03 Å². The first kappa shape index (κ1) is 18.5. The van der Waals surface area contributed by atoms with Gasteiger partial charge in [0.2, 0.25) is 0 Å². The van der Waals surface area contributed by atoms with Crippen LogP contribution in [0.25, 0.3) is 10.9 Å². The molecule has 0 radical (unpaired) electrons. The van der Waals surface area contributed by atoms with E-state index in [0.29, 0.717) is 5.56 Å². The molecule has 5 nitrogen and oxygen atoms in total. The SMILES string of the molecule is COc1ccccc1N1CCN(c2c(C#N)c(SC)nc3ccccc23)CC1. The molecule has 1 aromatic heterocycles. The molecule has 0 atom stereocenters. The van der Waals surface area contributed by atoms with Gasteiger partial charge in [0.25, 0.3) is 0 Å². The van der Waals surface area contributed by atoms with Gasteiger partial charge in [-0.05, 0) is 24.5 Å². The summed E-state index contributed by atoms with van der Waals surface area (Å²) in [6, 6.07) is 18.6. The molecular weight excluding hydrogens is 368 g/mol. The van der Waals surface area contributed by atoms with E-state index in [1.54, 1.807) is 7.11 Å². The Bertz CT molecular complexity index is 1040. The molecule has 28 heavy (non-hydrogen) atoms. The van der Waals surface area contributed by atoms with Gasteiger partial charge >= 0.3 is 0 Å². The van der Waals surface area contributed by atoms with Crippen molar-refractivity contribution in [3.8, 4) is 11.8 Å². The van der Waals surface area contributed by atoms with E-state index in [1.807, 2.05) is 42.7 Å². The molecule has 6 heteroatoms. The van der Waals surface area contributed by atoms with Crippen LogP contribution in [0, 0.1) is 11.3 Å². The number of aromatic nitrogens is 1. The molecule has 0 unspecified atom stereocenters. The van der Waals surface area contributed by atoms with Crippen LogP contribution >= 0.6 is 11.8 Å². The summed E-state index contributed by atoms with van der Waals surface area (Å²) < 4.78 is 5.53. The van der Waals surface area contributed by atoms with Crippen LogP contribution in [0.1, 0.15) is 5.56 Å². The van der Waals surface area contributed by atoms with Crippen LogP contribution in [0.2, 0.25) is 0 Å². The highest BCUT2D eigenvalue weighted by Gasteiger charge is 2.25. The summed E-state index contributed by atoms with van der Waals surface area (Å²) in [4.78, 5) is 9.37. The Hall–Kier alpha value is -2.91. The average Bonchev–Trinajstić information content (AvgIpc) is 2.77.